The lowest BCUT2D eigenvalue weighted by Gasteiger charge is -2.38. The van der Waals surface area contributed by atoms with Crippen LogP contribution in [-0.2, 0) is 21.9 Å². The molecule has 0 radical (unpaired) electrons. The van der Waals surface area contributed by atoms with Crippen molar-refractivity contribution in [2.24, 2.45) is 23.7 Å². The van der Waals surface area contributed by atoms with Gasteiger partial charge in [-0.15, -0.1) is 0 Å². The predicted molar refractivity (Wildman–Crippen MR) is 150 cm³/mol. The zero-order chi connectivity index (χ0) is 32.7. The highest BCUT2D eigenvalue weighted by atomic mass is 19.4. The molecule has 3 N–H and O–H groups in total. The van der Waals surface area contributed by atoms with Crippen molar-refractivity contribution in [1.29, 1.82) is 0 Å². The fraction of sp³-hybridized carbons (Fsp3) is 0.438. The first-order valence-corrected chi connectivity index (χ1v) is 14.1. The van der Waals surface area contributed by atoms with Crippen LogP contribution < -0.4 is 4.90 Å². The van der Waals surface area contributed by atoms with Crippen molar-refractivity contribution < 1.29 is 51.3 Å². The normalized spacial score (nSPS) is 22.2. The number of hydrogen-bond acceptors (Lipinski definition) is 5. The van der Waals surface area contributed by atoms with Crippen LogP contribution in [0.3, 0.4) is 0 Å². The molecule has 0 unspecified atom stereocenters. The number of phenols is 1. The van der Waals surface area contributed by atoms with Crippen LogP contribution in [0.15, 0.2) is 59.2 Å². The van der Waals surface area contributed by atoms with Gasteiger partial charge in [0.2, 0.25) is 11.8 Å². The summed E-state index contributed by atoms with van der Waals surface area (Å²) in [7, 11) is 0. The van der Waals surface area contributed by atoms with E-state index in [-0.39, 0.29) is 30.6 Å². The molecule has 1 aliphatic carbocycles. The maximum absolute atomic E-state index is 13.7. The van der Waals surface area contributed by atoms with Crippen LogP contribution in [-0.4, -0.2) is 39.8 Å². The standard InChI is InChI=1S/C32H33F6NO5/c1-16(2)23-14-24-28(25(15-40)27(23)26(42)8-7-17(3)9-18-5-4-6-22(41)10-18)30(44)39(29(24)43)21-12-19(31(33,34)35)11-20(13-21)32(36,37)38/h4-6,9-13,16,24-26,28,40-42H,7-8,14-15H2,1-3H3/b17-9+/t24-,25+,26-,28-/m1/s1. The number of alkyl halides is 6. The third kappa shape index (κ3) is 6.71. The molecule has 6 nitrogen and oxygen atoms in total. The largest absolute Gasteiger partial charge is 0.508 e. The molecule has 0 bridgehead atoms. The second kappa shape index (κ2) is 12.4. The highest BCUT2D eigenvalue weighted by Gasteiger charge is 2.56. The fourth-order valence-electron chi connectivity index (χ4n) is 6.26. The molecule has 1 fully saturated rings. The van der Waals surface area contributed by atoms with Gasteiger partial charge in [-0.25, -0.2) is 4.90 Å². The van der Waals surface area contributed by atoms with Crippen LogP contribution >= 0.6 is 0 Å². The SMILES string of the molecule is C/C(=C\c1cccc(O)c1)CC[C@@H](O)C1=C(C(C)C)C[C@H]2C(=O)N(c3cc(C(F)(F)F)cc(C(F)(F)F)c3)C(=O)[C@H]2[C@H]1CO. The topological polar surface area (TPSA) is 98.1 Å². The number of amides is 2. The summed E-state index contributed by atoms with van der Waals surface area (Å²) in [5.74, 6) is -5.64. The van der Waals surface area contributed by atoms with Crippen LogP contribution in [0.2, 0.25) is 0 Å². The van der Waals surface area contributed by atoms with Gasteiger partial charge in [0.15, 0.2) is 0 Å². The van der Waals surface area contributed by atoms with E-state index < -0.39 is 71.4 Å². The Morgan fingerprint density at radius 3 is 2.14 bits per heavy atom. The van der Waals surface area contributed by atoms with E-state index in [0.717, 1.165) is 11.1 Å². The van der Waals surface area contributed by atoms with Gasteiger partial charge < -0.3 is 15.3 Å². The van der Waals surface area contributed by atoms with Gasteiger partial charge in [-0.2, -0.15) is 26.3 Å². The summed E-state index contributed by atoms with van der Waals surface area (Å²) in [4.78, 5) is 27.6. The van der Waals surface area contributed by atoms with Crippen molar-refractivity contribution in [3.63, 3.8) is 0 Å². The fourth-order valence-corrected chi connectivity index (χ4v) is 6.26. The molecule has 2 aliphatic rings. The van der Waals surface area contributed by atoms with Crippen molar-refractivity contribution in [2.75, 3.05) is 11.5 Å². The number of aliphatic hydroxyl groups is 2. The molecule has 2 amide bonds. The zero-order valence-corrected chi connectivity index (χ0v) is 24.2. The van der Waals surface area contributed by atoms with E-state index in [2.05, 4.69) is 0 Å². The Labute approximate surface area is 250 Å². The molecule has 2 aromatic carbocycles. The lowest BCUT2D eigenvalue weighted by atomic mass is 9.66. The number of benzene rings is 2. The van der Waals surface area contributed by atoms with Gasteiger partial charge in [-0.1, -0.05) is 43.2 Å². The molecule has 1 heterocycles. The lowest BCUT2D eigenvalue weighted by molar-refractivity contribution is -0.143. The van der Waals surface area contributed by atoms with E-state index in [9.17, 15) is 51.3 Å². The first-order chi connectivity index (χ1) is 20.4. The molecule has 1 aliphatic heterocycles. The molecule has 0 aromatic heterocycles. The number of halogens is 6. The van der Waals surface area contributed by atoms with Crippen LogP contribution in [0.4, 0.5) is 32.0 Å². The number of fused-ring (bicyclic) bond motifs is 1. The van der Waals surface area contributed by atoms with Crippen LogP contribution in [0.5, 0.6) is 5.75 Å². The zero-order valence-electron chi connectivity index (χ0n) is 24.2. The number of carbonyl (C=O) groups is 2. The number of carbonyl (C=O) groups excluding carboxylic acids is 2. The summed E-state index contributed by atoms with van der Waals surface area (Å²) in [6.07, 6.45) is -9.17. The number of rotatable bonds is 8. The second-order valence-electron chi connectivity index (χ2n) is 11.7. The van der Waals surface area contributed by atoms with Gasteiger partial charge in [-0.05, 0) is 73.6 Å². The van der Waals surface area contributed by atoms with Crippen molar-refractivity contribution in [2.45, 2.75) is 58.5 Å². The molecule has 12 heteroatoms. The number of aliphatic hydroxyl groups excluding tert-OH is 2. The van der Waals surface area contributed by atoms with Crippen LogP contribution in [0.25, 0.3) is 6.08 Å². The Balaban J connectivity index is 1.68. The summed E-state index contributed by atoms with van der Waals surface area (Å²) in [6, 6.07) is 7.16. The van der Waals surface area contributed by atoms with Crippen LogP contribution in [0, 0.1) is 23.7 Å². The number of allylic oxidation sites excluding steroid dienone is 2. The van der Waals surface area contributed by atoms with Crippen molar-refractivity contribution in [1.82, 2.24) is 0 Å². The first kappa shape index (κ1) is 33.3. The molecule has 4 rings (SSSR count). The van der Waals surface area contributed by atoms with Gasteiger partial charge in [0.25, 0.3) is 0 Å². The highest BCUT2D eigenvalue weighted by Crippen LogP contribution is 2.49. The summed E-state index contributed by atoms with van der Waals surface area (Å²) in [5, 5.41) is 31.5. The molecule has 0 saturated carbocycles. The minimum absolute atomic E-state index is 0.0461. The predicted octanol–water partition coefficient (Wildman–Crippen LogP) is 6.74. The van der Waals surface area contributed by atoms with E-state index in [1.165, 1.54) is 6.07 Å². The Morgan fingerprint density at radius 2 is 1.61 bits per heavy atom. The third-order valence-electron chi connectivity index (χ3n) is 8.30. The number of aromatic hydroxyl groups is 1. The molecule has 0 spiro atoms. The van der Waals surface area contributed by atoms with Gasteiger partial charge in [0.1, 0.15) is 5.75 Å². The van der Waals surface area contributed by atoms with Gasteiger partial charge in [0.05, 0.1) is 41.4 Å². The summed E-state index contributed by atoms with van der Waals surface area (Å²) < 4.78 is 81.2. The highest BCUT2D eigenvalue weighted by molar-refractivity contribution is 6.22. The maximum atomic E-state index is 13.7. The number of hydrogen-bond donors (Lipinski definition) is 3. The average Bonchev–Trinajstić information content (AvgIpc) is 3.18. The van der Waals surface area contributed by atoms with E-state index in [4.69, 9.17) is 0 Å². The Hall–Kier alpha value is -3.64. The third-order valence-corrected chi connectivity index (χ3v) is 8.30. The van der Waals surface area contributed by atoms with Crippen molar-refractivity contribution in [3.05, 3.63) is 75.9 Å². The number of anilines is 1. The molecule has 238 valence electrons. The monoisotopic (exact) mass is 625 g/mol. The Morgan fingerprint density at radius 1 is 1.00 bits per heavy atom. The smallest absolute Gasteiger partial charge is 0.416 e. The molecular weight excluding hydrogens is 592 g/mol. The molecule has 2 aromatic rings. The molecular formula is C32H33F6NO5. The number of nitrogens with zero attached hydrogens (tertiary/aromatic N) is 1. The van der Waals surface area contributed by atoms with E-state index in [1.54, 1.807) is 32.0 Å². The molecule has 4 atom stereocenters. The average molecular weight is 626 g/mol. The summed E-state index contributed by atoms with van der Waals surface area (Å²) >= 11 is 0. The first-order valence-electron chi connectivity index (χ1n) is 14.1. The van der Waals surface area contributed by atoms with E-state index in [0.29, 0.717) is 34.6 Å². The second-order valence-corrected chi connectivity index (χ2v) is 11.7. The summed E-state index contributed by atoms with van der Waals surface area (Å²) in [6.45, 7) is 4.75. The Bertz CT molecular complexity index is 1460. The minimum atomic E-state index is -5.18. The lowest BCUT2D eigenvalue weighted by Crippen LogP contribution is -2.40. The molecule has 1 saturated heterocycles. The summed E-state index contributed by atoms with van der Waals surface area (Å²) in [5.41, 5.74) is -1.61. The van der Waals surface area contributed by atoms with Crippen LogP contribution in [0.1, 0.15) is 56.7 Å². The van der Waals surface area contributed by atoms with Gasteiger partial charge >= 0.3 is 12.4 Å². The number of phenolic OH excluding ortho intramolecular Hbond substituents is 1. The minimum Gasteiger partial charge on any atom is -0.508 e. The molecule has 44 heavy (non-hydrogen) atoms. The van der Waals surface area contributed by atoms with E-state index >= 15 is 0 Å². The maximum Gasteiger partial charge on any atom is 0.416 e. The van der Waals surface area contributed by atoms with Crippen molar-refractivity contribution >= 4 is 23.6 Å². The van der Waals surface area contributed by atoms with Crippen molar-refractivity contribution in [3.8, 4) is 5.75 Å². The Kier molecular flexibility index (Phi) is 9.37. The van der Waals surface area contributed by atoms with Gasteiger partial charge in [0, 0.05) is 5.92 Å². The number of imide groups is 1. The van der Waals surface area contributed by atoms with Gasteiger partial charge in [-0.3, -0.25) is 9.59 Å². The van der Waals surface area contributed by atoms with E-state index in [1.807, 2.05) is 13.0 Å². The quantitative estimate of drug-likeness (QED) is 0.171.